The first-order valence-corrected chi connectivity index (χ1v) is 14.8. The van der Waals surface area contributed by atoms with E-state index in [1.165, 1.54) is 6.07 Å². The highest BCUT2D eigenvalue weighted by molar-refractivity contribution is 5.74. The van der Waals surface area contributed by atoms with Gasteiger partial charge in [0.1, 0.15) is 0 Å². The van der Waals surface area contributed by atoms with E-state index < -0.39 is 5.60 Å². The van der Waals surface area contributed by atoms with Crippen molar-refractivity contribution in [1.29, 1.82) is 0 Å². The van der Waals surface area contributed by atoms with E-state index in [-0.39, 0.29) is 40.5 Å². The third-order valence-electron chi connectivity index (χ3n) is 11.9. The molecule has 9 atom stereocenters. The van der Waals surface area contributed by atoms with E-state index in [2.05, 4.69) is 29.8 Å². The molecule has 7 heteroatoms. The fourth-order valence-corrected chi connectivity index (χ4v) is 9.85. The Morgan fingerprint density at radius 3 is 2.59 bits per heavy atom. The Bertz CT molecular complexity index is 1050. The molecule has 2 heterocycles. The van der Waals surface area contributed by atoms with Gasteiger partial charge in [0.05, 0.1) is 11.9 Å². The topological polar surface area (TPSA) is 104 Å². The highest BCUT2D eigenvalue weighted by Crippen LogP contribution is 2.70. The van der Waals surface area contributed by atoms with Crippen LogP contribution in [-0.4, -0.2) is 41.9 Å². The number of amides is 2. The van der Waals surface area contributed by atoms with E-state index in [1.54, 1.807) is 6.26 Å². The van der Waals surface area contributed by atoms with Gasteiger partial charge in [-0.15, -0.1) is 0 Å². The number of urea groups is 1. The van der Waals surface area contributed by atoms with Crippen LogP contribution in [0.15, 0.2) is 27.6 Å². The average molecular weight is 512 g/mol. The summed E-state index contributed by atoms with van der Waals surface area (Å²) in [6.45, 7) is 6.69. The predicted molar refractivity (Wildman–Crippen MR) is 142 cm³/mol. The first-order valence-electron chi connectivity index (χ1n) is 14.8. The van der Waals surface area contributed by atoms with Gasteiger partial charge in [-0.3, -0.25) is 0 Å². The summed E-state index contributed by atoms with van der Waals surface area (Å²) >= 11 is 0. The molecule has 1 aromatic rings. The first kappa shape index (κ1) is 25.4. The van der Waals surface area contributed by atoms with Crippen molar-refractivity contribution in [2.24, 2.45) is 28.6 Å². The summed E-state index contributed by atoms with van der Waals surface area (Å²) in [7, 11) is 0. The van der Waals surface area contributed by atoms with Gasteiger partial charge in [0.15, 0.2) is 0 Å². The van der Waals surface area contributed by atoms with Gasteiger partial charge in [0, 0.05) is 30.1 Å². The van der Waals surface area contributed by atoms with Crippen molar-refractivity contribution in [3.63, 3.8) is 0 Å². The number of aliphatic hydroxyl groups is 1. The second kappa shape index (κ2) is 9.41. The molecule has 6 rings (SSSR count). The molecule has 2 amide bonds. The lowest BCUT2D eigenvalue weighted by molar-refractivity contribution is -0.201. The molecule has 4 saturated carbocycles. The third-order valence-corrected chi connectivity index (χ3v) is 11.9. The SMILES string of the molecule is C[C@]12CC[C@H](NC(=O)NC3CCCNC3)C[C@H]1CC[C@@H]1[C@@H]2CC[C@]2(C)[C@@H](c3ccc(=O)oc3)CC[C@]12O. The molecule has 0 radical (unpaired) electrons. The van der Waals surface area contributed by atoms with E-state index >= 15 is 0 Å². The minimum atomic E-state index is -0.673. The minimum absolute atomic E-state index is 0.00697. The van der Waals surface area contributed by atoms with Crippen LogP contribution in [0.4, 0.5) is 4.79 Å². The quantitative estimate of drug-likeness (QED) is 0.485. The average Bonchev–Trinajstić information content (AvgIpc) is 3.16. The molecule has 0 bridgehead atoms. The van der Waals surface area contributed by atoms with Crippen LogP contribution in [0, 0.1) is 28.6 Å². The molecular formula is C30H45N3O4. The van der Waals surface area contributed by atoms with Gasteiger partial charge in [-0.25, -0.2) is 9.59 Å². The lowest BCUT2D eigenvalue weighted by Crippen LogP contribution is -2.62. The van der Waals surface area contributed by atoms with E-state index in [0.29, 0.717) is 17.8 Å². The molecule has 0 aromatic carbocycles. The van der Waals surface area contributed by atoms with Gasteiger partial charge in [0.25, 0.3) is 0 Å². The lowest BCUT2D eigenvalue weighted by Gasteiger charge is -2.63. The zero-order valence-corrected chi connectivity index (χ0v) is 22.6. The minimum Gasteiger partial charge on any atom is -0.431 e. The fourth-order valence-electron chi connectivity index (χ4n) is 9.85. The van der Waals surface area contributed by atoms with E-state index in [9.17, 15) is 14.7 Å². The molecule has 5 fully saturated rings. The Morgan fingerprint density at radius 1 is 1.00 bits per heavy atom. The maximum Gasteiger partial charge on any atom is 0.335 e. The molecule has 1 aliphatic heterocycles. The Hall–Kier alpha value is -1.86. The number of piperidine rings is 1. The standard InChI is InChI=1S/C30H45N3O4/c1-28-12-9-21(32-27(35)33-22-4-3-15-31-17-22)16-20(28)6-7-25-24(28)10-13-29(2)23(11-14-30(25,29)36)19-5-8-26(34)37-18-19/h5,8,18,20-25,31,36H,3-4,6-7,9-17H2,1-2H3,(H2,32,33,35)/t20-,21+,22?,23-,24+,25-,28+,29-,30+/m1/s1. The third kappa shape index (κ3) is 4.15. The van der Waals surface area contributed by atoms with E-state index in [1.807, 2.05) is 6.07 Å². The molecular weight excluding hydrogens is 466 g/mol. The summed E-state index contributed by atoms with van der Waals surface area (Å²) in [6, 6.07) is 3.90. The van der Waals surface area contributed by atoms with Crippen molar-refractivity contribution in [3.8, 4) is 0 Å². The Morgan fingerprint density at radius 2 is 1.84 bits per heavy atom. The summed E-state index contributed by atoms with van der Waals surface area (Å²) in [5.74, 6) is 1.67. The van der Waals surface area contributed by atoms with Crippen molar-refractivity contribution in [2.75, 3.05) is 13.1 Å². The zero-order chi connectivity index (χ0) is 25.8. The first-order chi connectivity index (χ1) is 17.7. The second-order valence-electron chi connectivity index (χ2n) is 13.5. The van der Waals surface area contributed by atoms with Crippen LogP contribution in [0.1, 0.15) is 96.0 Å². The van der Waals surface area contributed by atoms with Crippen LogP contribution in [0.2, 0.25) is 0 Å². The lowest BCUT2D eigenvalue weighted by atomic mass is 9.43. The number of fused-ring (bicyclic) bond motifs is 5. The van der Waals surface area contributed by atoms with Crippen LogP contribution in [0.3, 0.4) is 0 Å². The molecule has 4 N–H and O–H groups in total. The molecule has 37 heavy (non-hydrogen) atoms. The number of nitrogens with one attached hydrogen (secondary N) is 3. The van der Waals surface area contributed by atoms with E-state index in [0.717, 1.165) is 89.3 Å². The smallest absolute Gasteiger partial charge is 0.335 e. The van der Waals surface area contributed by atoms with E-state index in [4.69, 9.17) is 4.42 Å². The number of hydrogen-bond donors (Lipinski definition) is 4. The van der Waals surface area contributed by atoms with Crippen molar-refractivity contribution >= 4 is 6.03 Å². The Balaban J connectivity index is 1.14. The highest BCUT2D eigenvalue weighted by atomic mass is 16.4. The maximum absolute atomic E-state index is 12.7. The number of carbonyl (C=O) groups excluding carboxylic acids is 1. The predicted octanol–water partition coefficient (Wildman–Crippen LogP) is 4.30. The summed E-state index contributed by atoms with van der Waals surface area (Å²) in [4.78, 5) is 24.3. The van der Waals surface area contributed by atoms with Crippen LogP contribution >= 0.6 is 0 Å². The van der Waals surface area contributed by atoms with Gasteiger partial charge in [-0.2, -0.15) is 0 Å². The molecule has 7 nitrogen and oxygen atoms in total. The van der Waals surface area contributed by atoms with Gasteiger partial charge in [-0.1, -0.05) is 13.8 Å². The molecule has 1 saturated heterocycles. The normalized spacial score (nSPS) is 45.3. The fraction of sp³-hybridized carbons (Fsp3) is 0.800. The van der Waals surface area contributed by atoms with Crippen molar-refractivity contribution < 1.29 is 14.3 Å². The summed E-state index contributed by atoms with van der Waals surface area (Å²) in [5, 5.41) is 22.3. The molecule has 204 valence electrons. The monoisotopic (exact) mass is 511 g/mol. The van der Waals surface area contributed by atoms with Gasteiger partial charge in [0.2, 0.25) is 0 Å². The van der Waals surface area contributed by atoms with Crippen molar-refractivity contribution in [2.45, 2.75) is 108 Å². The molecule has 0 spiro atoms. The number of hydrogen-bond acceptors (Lipinski definition) is 5. The van der Waals surface area contributed by atoms with Crippen molar-refractivity contribution in [1.82, 2.24) is 16.0 Å². The van der Waals surface area contributed by atoms with Crippen LogP contribution in [0.25, 0.3) is 0 Å². The van der Waals surface area contributed by atoms with Crippen LogP contribution < -0.4 is 21.6 Å². The Kier molecular flexibility index (Phi) is 6.46. The number of rotatable bonds is 3. The largest absolute Gasteiger partial charge is 0.431 e. The summed E-state index contributed by atoms with van der Waals surface area (Å²) < 4.78 is 5.23. The Labute approximate surface area is 220 Å². The summed E-state index contributed by atoms with van der Waals surface area (Å²) in [5.41, 5.74) is 0.103. The van der Waals surface area contributed by atoms with Crippen molar-refractivity contribution in [3.05, 3.63) is 34.4 Å². The molecule has 1 unspecified atom stereocenters. The zero-order valence-electron chi connectivity index (χ0n) is 22.6. The van der Waals surface area contributed by atoms with Crippen LogP contribution in [0.5, 0.6) is 0 Å². The second-order valence-corrected chi connectivity index (χ2v) is 13.5. The van der Waals surface area contributed by atoms with Gasteiger partial charge >= 0.3 is 11.7 Å². The van der Waals surface area contributed by atoms with Crippen LogP contribution in [-0.2, 0) is 0 Å². The molecule has 1 aromatic heterocycles. The maximum atomic E-state index is 12.7. The molecule has 4 aliphatic carbocycles. The molecule has 5 aliphatic rings. The highest BCUT2D eigenvalue weighted by Gasteiger charge is 2.67. The van der Waals surface area contributed by atoms with Gasteiger partial charge in [-0.05, 0) is 118 Å². The van der Waals surface area contributed by atoms with Gasteiger partial charge < -0.3 is 25.5 Å². The number of carbonyl (C=O) groups is 1. The summed E-state index contributed by atoms with van der Waals surface area (Å²) in [6.07, 6.45) is 13.1.